The van der Waals surface area contributed by atoms with Gasteiger partial charge in [-0.3, -0.25) is 4.79 Å². The van der Waals surface area contributed by atoms with Gasteiger partial charge in [0.05, 0.1) is 17.3 Å². The first-order valence-corrected chi connectivity index (χ1v) is 9.96. The van der Waals surface area contributed by atoms with Crippen LogP contribution in [0.1, 0.15) is 18.7 Å². The van der Waals surface area contributed by atoms with E-state index in [1.54, 1.807) is 13.1 Å². The van der Waals surface area contributed by atoms with Gasteiger partial charge in [0.2, 0.25) is 15.9 Å². The highest BCUT2D eigenvalue weighted by molar-refractivity contribution is 7.88. The predicted molar refractivity (Wildman–Crippen MR) is 92.0 cm³/mol. The molecule has 9 heteroatoms. The summed E-state index contributed by atoms with van der Waals surface area (Å²) in [5.41, 5.74) is 1.28. The van der Waals surface area contributed by atoms with Crippen molar-refractivity contribution in [2.45, 2.75) is 25.3 Å². The molecule has 1 aliphatic rings. The molecule has 1 aromatic heterocycles. The summed E-state index contributed by atoms with van der Waals surface area (Å²) in [4.78, 5) is 21.5. The van der Waals surface area contributed by atoms with Crippen LogP contribution >= 0.6 is 0 Å². The van der Waals surface area contributed by atoms with Crippen molar-refractivity contribution in [1.82, 2.24) is 19.2 Å². The van der Waals surface area contributed by atoms with Crippen molar-refractivity contribution in [2.75, 3.05) is 26.4 Å². The number of amides is 1. The molecule has 1 aliphatic heterocycles. The number of nitrogens with zero attached hydrogens (tertiary/aromatic N) is 3. The Bertz CT molecular complexity index is 896. The zero-order valence-electron chi connectivity index (χ0n) is 14.2. The highest BCUT2D eigenvalue weighted by Gasteiger charge is 2.37. The van der Waals surface area contributed by atoms with E-state index in [0.717, 1.165) is 6.26 Å². The van der Waals surface area contributed by atoms with Crippen molar-refractivity contribution in [3.05, 3.63) is 29.8 Å². The fourth-order valence-corrected chi connectivity index (χ4v) is 4.29. The topological polar surface area (TPSA) is 86.4 Å². The number of hydrogen-bond donors (Lipinski definition) is 1. The number of H-pyrrole nitrogens is 1. The van der Waals surface area contributed by atoms with Crippen LogP contribution in [0.2, 0.25) is 0 Å². The Balaban J connectivity index is 1.65. The second-order valence-electron chi connectivity index (χ2n) is 6.39. The van der Waals surface area contributed by atoms with Crippen LogP contribution in [-0.2, 0) is 21.2 Å². The molecule has 0 aliphatic carbocycles. The Morgan fingerprint density at radius 2 is 2.24 bits per heavy atom. The van der Waals surface area contributed by atoms with Gasteiger partial charge in [-0.15, -0.1) is 0 Å². The minimum Gasteiger partial charge on any atom is -0.344 e. The number of aromatic amines is 1. The number of halogens is 1. The van der Waals surface area contributed by atoms with Crippen molar-refractivity contribution in [3.8, 4) is 0 Å². The molecule has 1 amide bonds. The van der Waals surface area contributed by atoms with Crippen molar-refractivity contribution >= 4 is 27.0 Å². The van der Waals surface area contributed by atoms with Crippen LogP contribution in [0.5, 0.6) is 0 Å². The van der Waals surface area contributed by atoms with E-state index in [1.807, 2.05) is 0 Å². The molecule has 0 radical (unpaired) electrons. The van der Waals surface area contributed by atoms with Gasteiger partial charge in [-0.1, -0.05) is 0 Å². The van der Waals surface area contributed by atoms with E-state index in [2.05, 4.69) is 9.97 Å². The maximum atomic E-state index is 13.2. The molecule has 1 N–H and O–H groups in total. The lowest BCUT2D eigenvalue weighted by Crippen LogP contribution is -2.46. The second kappa shape index (κ2) is 6.72. The lowest BCUT2D eigenvalue weighted by Gasteiger charge is -2.26. The molecule has 3 rings (SSSR count). The molecule has 2 aromatic rings. The number of sulfonamides is 1. The van der Waals surface area contributed by atoms with Crippen LogP contribution in [-0.4, -0.2) is 65.9 Å². The van der Waals surface area contributed by atoms with Gasteiger partial charge >= 0.3 is 0 Å². The summed E-state index contributed by atoms with van der Waals surface area (Å²) < 4.78 is 38.1. The van der Waals surface area contributed by atoms with Gasteiger partial charge in [-0.05, 0) is 31.0 Å². The number of fused-ring (bicyclic) bond motifs is 1. The van der Waals surface area contributed by atoms with Gasteiger partial charge in [-0.25, -0.2) is 17.8 Å². The SMILES string of the molecule is CN(CCc1nc2ccc(F)cc2[nH]1)C(=O)[C@@H]1CCCN1S(C)(=O)=O. The number of nitrogens with one attached hydrogen (secondary N) is 1. The molecule has 0 saturated carbocycles. The van der Waals surface area contributed by atoms with Gasteiger partial charge in [0.1, 0.15) is 17.7 Å². The Morgan fingerprint density at radius 3 is 2.96 bits per heavy atom. The molecule has 136 valence electrons. The summed E-state index contributed by atoms with van der Waals surface area (Å²) in [6, 6.07) is 3.71. The Hall–Kier alpha value is -2.00. The highest BCUT2D eigenvalue weighted by atomic mass is 32.2. The van der Waals surface area contributed by atoms with Gasteiger partial charge in [-0.2, -0.15) is 4.31 Å². The number of benzene rings is 1. The molecule has 0 unspecified atom stereocenters. The van der Waals surface area contributed by atoms with E-state index < -0.39 is 16.1 Å². The number of rotatable bonds is 5. The number of likely N-dealkylation sites (N-methyl/N-ethyl adjacent to an activating group) is 1. The quantitative estimate of drug-likeness (QED) is 0.857. The third-order valence-corrected chi connectivity index (χ3v) is 5.76. The molecular weight excluding hydrogens is 347 g/mol. The predicted octanol–water partition coefficient (Wildman–Crippen LogP) is 1.13. The maximum absolute atomic E-state index is 13.2. The third-order valence-electron chi connectivity index (χ3n) is 4.47. The van der Waals surface area contributed by atoms with Gasteiger partial charge in [0, 0.05) is 26.6 Å². The van der Waals surface area contributed by atoms with Crippen molar-refractivity contribution < 1.29 is 17.6 Å². The Labute approximate surface area is 145 Å². The van der Waals surface area contributed by atoms with Crippen LogP contribution in [0.3, 0.4) is 0 Å². The zero-order chi connectivity index (χ0) is 18.2. The van der Waals surface area contributed by atoms with Crippen LogP contribution < -0.4 is 0 Å². The number of carbonyl (C=O) groups is 1. The molecule has 1 fully saturated rings. The smallest absolute Gasteiger partial charge is 0.240 e. The van der Waals surface area contributed by atoms with Crippen molar-refractivity contribution in [1.29, 1.82) is 0 Å². The molecule has 2 heterocycles. The summed E-state index contributed by atoms with van der Waals surface area (Å²) in [7, 11) is -1.73. The molecule has 0 spiro atoms. The van der Waals surface area contributed by atoms with Gasteiger partial charge in [0.15, 0.2) is 0 Å². The zero-order valence-corrected chi connectivity index (χ0v) is 15.0. The minimum atomic E-state index is -3.39. The van der Waals surface area contributed by atoms with E-state index >= 15 is 0 Å². The highest BCUT2D eigenvalue weighted by Crippen LogP contribution is 2.22. The summed E-state index contributed by atoms with van der Waals surface area (Å²) in [5.74, 6) is 0.119. The normalized spacial score (nSPS) is 18.8. The van der Waals surface area contributed by atoms with E-state index in [-0.39, 0.29) is 11.7 Å². The molecule has 0 bridgehead atoms. The number of aromatic nitrogens is 2. The van der Waals surface area contributed by atoms with Gasteiger partial charge < -0.3 is 9.88 Å². The molecule has 7 nitrogen and oxygen atoms in total. The fraction of sp³-hybridized carbons (Fsp3) is 0.500. The average molecular weight is 368 g/mol. The van der Waals surface area contributed by atoms with Crippen molar-refractivity contribution in [2.24, 2.45) is 0 Å². The van der Waals surface area contributed by atoms with E-state index in [0.29, 0.717) is 49.2 Å². The van der Waals surface area contributed by atoms with E-state index in [4.69, 9.17) is 0 Å². The monoisotopic (exact) mass is 368 g/mol. The minimum absolute atomic E-state index is 0.204. The first-order chi connectivity index (χ1) is 11.8. The van der Waals surface area contributed by atoms with Crippen LogP contribution in [0.25, 0.3) is 11.0 Å². The number of carbonyl (C=O) groups excluding carboxylic acids is 1. The largest absolute Gasteiger partial charge is 0.344 e. The summed E-state index contributed by atoms with van der Waals surface area (Å²) in [6.45, 7) is 0.785. The van der Waals surface area contributed by atoms with Crippen LogP contribution in [0, 0.1) is 5.82 Å². The summed E-state index contributed by atoms with van der Waals surface area (Å²) in [5, 5.41) is 0. The number of hydrogen-bond acceptors (Lipinski definition) is 4. The second-order valence-corrected chi connectivity index (χ2v) is 8.32. The van der Waals surface area contributed by atoms with E-state index in [9.17, 15) is 17.6 Å². The van der Waals surface area contributed by atoms with Crippen LogP contribution in [0.4, 0.5) is 4.39 Å². The summed E-state index contributed by atoms with van der Waals surface area (Å²) in [6.07, 6.45) is 2.84. The van der Waals surface area contributed by atoms with E-state index in [1.165, 1.54) is 21.3 Å². The lowest BCUT2D eigenvalue weighted by atomic mass is 10.2. The third kappa shape index (κ3) is 3.82. The average Bonchev–Trinajstić information content (AvgIpc) is 3.17. The maximum Gasteiger partial charge on any atom is 0.240 e. The number of imidazole rings is 1. The molecule has 1 aromatic carbocycles. The molecule has 1 saturated heterocycles. The van der Waals surface area contributed by atoms with Gasteiger partial charge in [0.25, 0.3) is 0 Å². The summed E-state index contributed by atoms with van der Waals surface area (Å²) >= 11 is 0. The molecular formula is C16H21FN4O3S. The lowest BCUT2D eigenvalue weighted by molar-refractivity contribution is -0.133. The Kier molecular flexibility index (Phi) is 4.79. The standard InChI is InChI=1S/C16H21FN4O3S/c1-20(16(22)14-4-3-8-21(14)25(2,23)24)9-7-15-18-12-6-5-11(17)10-13(12)19-15/h5-6,10,14H,3-4,7-9H2,1-2H3,(H,18,19)/t14-/m0/s1. The fourth-order valence-electron chi connectivity index (χ4n) is 3.18. The molecule has 1 atom stereocenters. The first-order valence-electron chi connectivity index (χ1n) is 8.11. The van der Waals surface area contributed by atoms with Crippen molar-refractivity contribution in [3.63, 3.8) is 0 Å². The molecule has 25 heavy (non-hydrogen) atoms. The van der Waals surface area contributed by atoms with Crippen LogP contribution in [0.15, 0.2) is 18.2 Å². The first kappa shape index (κ1) is 17.8. The Morgan fingerprint density at radius 1 is 1.48 bits per heavy atom.